The van der Waals surface area contributed by atoms with E-state index in [9.17, 15) is 9.59 Å². The third-order valence-corrected chi connectivity index (χ3v) is 4.39. The number of rotatable bonds is 6. The normalized spacial score (nSPS) is 22.7. The van der Waals surface area contributed by atoms with E-state index >= 15 is 0 Å². The van der Waals surface area contributed by atoms with Crippen molar-refractivity contribution in [2.45, 2.75) is 57.7 Å². The maximum atomic E-state index is 12.2. The second-order valence-electron chi connectivity index (χ2n) is 6.22. The molecule has 0 aromatic rings. The van der Waals surface area contributed by atoms with Gasteiger partial charge < -0.3 is 16.0 Å². The molecule has 2 amide bonds. The first-order chi connectivity index (χ1) is 10.0. The fourth-order valence-corrected chi connectivity index (χ4v) is 2.71. The molecule has 1 saturated carbocycles. The quantitative estimate of drug-likeness (QED) is 0.719. The zero-order valence-corrected chi connectivity index (χ0v) is 13.2. The number of hydrogen-bond donors (Lipinski definition) is 2. The molecule has 21 heavy (non-hydrogen) atoms. The van der Waals surface area contributed by atoms with E-state index in [-0.39, 0.29) is 23.9 Å². The van der Waals surface area contributed by atoms with Crippen molar-refractivity contribution in [2.75, 3.05) is 26.2 Å². The predicted molar refractivity (Wildman–Crippen MR) is 81.7 cm³/mol. The third-order valence-electron chi connectivity index (χ3n) is 4.39. The van der Waals surface area contributed by atoms with Crippen LogP contribution in [-0.2, 0) is 9.59 Å². The highest BCUT2D eigenvalue weighted by Gasteiger charge is 2.31. The summed E-state index contributed by atoms with van der Waals surface area (Å²) in [5.74, 6) is 0.159. The molecule has 2 atom stereocenters. The van der Waals surface area contributed by atoms with Crippen molar-refractivity contribution in [3.63, 3.8) is 0 Å². The molecule has 0 aromatic carbocycles. The molecule has 0 spiro atoms. The predicted octanol–water partition coefficient (Wildman–Crippen LogP) is -0.0749. The first kappa shape index (κ1) is 16.2. The molecule has 6 nitrogen and oxygen atoms in total. The average molecular weight is 296 g/mol. The first-order valence-corrected chi connectivity index (χ1v) is 8.11. The number of carbonyl (C=O) groups is 2. The van der Waals surface area contributed by atoms with Crippen LogP contribution >= 0.6 is 0 Å². The summed E-state index contributed by atoms with van der Waals surface area (Å²) >= 11 is 0. The van der Waals surface area contributed by atoms with E-state index in [2.05, 4.69) is 10.2 Å². The van der Waals surface area contributed by atoms with Crippen LogP contribution in [0.1, 0.15) is 39.5 Å². The Morgan fingerprint density at radius 1 is 1.24 bits per heavy atom. The van der Waals surface area contributed by atoms with E-state index in [0.29, 0.717) is 19.1 Å². The Morgan fingerprint density at radius 3 is 2.38 bits per heavy atom. The summed E-state index contributed by atoms with van der Waals surface area (Å²) < 4.78 is 0. The number of nitrogens with zero attached hydrogens (tertiary/aromatic N) is 2. The number of hydrogen-bond acceptors (Lipinski definition) is 4. The summed E-state index contributed by atoms with van der Waals surface area (Å²) in [5, 5.41) is 3.04. The maximum absolute atomic E-state index is 12.2. The molecule has 0 aromatic heterocycles. The first-order valence-electron chi connectivity index (χ1n) is 8.11. The Bertz CT molecular complexity index is 376. The van der Waals surface area contributed by atoms with Gasteiger partial charge in [0, 0.05) is 32.2 Å². The summed E-state index contributed by atoms with van der Waals surface area (Å²) in [7, 11) is 0. The minimum atomic E-state index is -0.378. The van der Waals surface area contributed by atoms with Crippen molar-refractivity contribution in [3.8, 4) is 0 Å². The zero-order valence-electron chi connectivity index (χ0n) is 13.2. The van der Waals surface area contributed by atoms with Gasteiger partial charge in [-0.3, -0.25) is 14.5 Å². The lowest BCUT2D eigenvalue weighted by Gasteiger charge is -2.38. The van der Waals surface area contributed by atoms with Gasteiger partial charge in [-0.15, -0.1) is 0 Å². The molecule has 1 aliphatic heterocycles. The van der Waals surface area contributed by atoms with Gasteiger partial charge in [-0.25, -0.2) is 0 Å². The number of amides is 2. The second kappa shape index (κ2) is 7.22. The van der Waals surface area contributed by atoms with E-state index in [1.54, 1.807) is 0 Å². The number of nitrogens with two attached hydrogens (primary N) is 1. The SMILES string of the molecule is CCCC(N)C(=O)N1CCN(C(C)C(=O)NC2CC2)CC1. The van der Waals surface area contributed by atoms with Gasteiger partial charge in [0.1, 0.15) is 0 Å². The fourth-order valence-electron chi connectivity index (χ4n) is 2.71. The highest BCUT2D eigenvalue weighted by Crippen LogP contribution is 2.19. The molecule has 3 N–H and O–H groups in total. The zero-order chi connectivity index (χ0) is 15.4. The molecule has 2 unspecified atom stereocenters. The largest absolute Gasteiger partial charge is 0.352 e. The Kier molecular flexibility index (Phi) is 5.58. The minimum Gasteiger partial charge on any atom is -0.352 e. The molecule has 0 radical (unpaired) electrons. The molecule has 0 bridgehead atoms. The van der Waals surface area contributed by atoms with E-state index in [4.69, 9.17) is 5.73 Å². The lowest BCUT2D eigenvalue weighted by molar-refractivity contribution is -0.135. The van der Waals surface area contributed by atoms with Crippen molar-refractivity contribution in [1.82, 2.24) is 15.1 Å². The molecule has 6 heteroatoms. The molecule has 1 aliphatic carbocycles. The molecular formula is C15H28N4O2. The Balaban J connectivity index is 1.76. The van der Waals surface area contributed by atoms with Gasteiger partial charge in [0.05, 0.1) is 12.1 Å². The van der Waals surface area contributed by atoms with Crippen molar-refractivity contribution in [2.24, 2.45) is 5.73 Å². The van der Waals surface area contributed by atoms with Crippen LogP contribution < -0.4 is 11.1 Å². The molecular weight excluding hydrogens is 268 g/mol. The van der Waals surface area contributed by atoms with Crippen LogP contribution in [0.3, 0.4) is 0 Å². The molecule has 1 saturated heterocycles. The van der Waals surface area contributed by atoms with Gasteiger partial charge in [-0.1, -0.05) is 13.3 Å². The summed E-state index contributed by atoms with van der Waals surface area (Å²) in [5.41, 5.74) is 5.89. The minimum absolute atomic E-state index is 0.0478. The molecule has 2 aliphatic rings. The van der Waals surface area contributed by atoms with Gasteiger partial charge in [0.2, 0.25) is 11.8 Å². The van der Waals surface area contributed by atoms with E-state index in [1.165, 1.54) is 0 Å². The topological polar surface area (TPSA) is 78.7 Å². The van der Waals surface area contributed by atoms with Gasteiger partial charge in [0.15, 0.2) is 0 Å². The monoisotopic (exact) mass is 296 g/mol. The van der Waals surface area contributed by atoms with Crippen molar-refractivity contribution in [1.29, 1.82) is 0 Å². The van der Waals surface area contributed by atoms with Crippen molar-refractivity contribution < 1.29 is 9.59 Å². The molecule has 120 valence electrons. The van der Waals surface area contributed by atoms with E-state index in [0.717, 1.165) is 38.8 Å². The standard InChI is InChI=1S/C15H28N4O2/c1-3-4-13(16)15(21)19-9-7-18(8-10-19)11(2)14(20)17-12-5-6-12/h11-13H,3-10,16H2,1-2H3,(H,17,20). The van der Waals surface area contributed by atoms with E-state index in [1.807, 2.05) is 18.7 Å². The Hall–Kier alpha value is -1.14. The van der Waals surface area contributed by atoms with Crippen LogP contribution in [0.5, 0.6) is 0 Å². The summed E-state index contributed by atoms with van der Waals surface area (Å²) in [6, 6.07) is -0.0980. The maximum Gasteiger partial charge on any atom is 0.239 e. The lowest BCUT2D eigenvalue weighted by atomic mass is 10.1. The third kappa shape index (κ3) is 4.41. The van der Waals surface area contributed by atoms with Crippen LogP contribution in [0.15, 0.2) is 0 Å². The van der Waals surface area contributed by atoms with Crippen molar-refractivity contribution in [3.05, 3.63) is 0 Å². The van der Waals surface area contributed by atoms with Gasteiger partial charge in [-0.2, -0.15) is 0 Å². The summed E-state index contributed by atoms with van der Waals surface area (Å²) in [6.45, 7) is 6.78. The molecule has 2 rings (SSSR count). The second-order valence-corrected chi connectivity index (χ2v) is 6.22. The number of nitrogens with one attached hydrogen (secondary N) is 1. The van der Waals surface area contributed by atoms with Crippen LogP contribution in [-0.4, -0.2) is 65.9 Å². The van der Waals surface area contributed by atoms with Crippen LogP contribution in [0.25, 0.3) is 0 Å². The van der Waals surface area contributed by atoms with Crippen LogP contribution in [0.2, 0.25) is 0 Å². The van der Waals surface area contributed by atoms with Crippen LogP contribution in [0.4, 0.5) is 0 Å². The average Bonchev–Trinajstić information content (AvgIpc) is 3.30. The molecule has 2 fully saturated rings. The van der Waals surface area contributed by atoms with Gasteiger partial charge in [0.25, 0.3) is 0 Å². The lowest BCUT2D eigenvalue weighted by Crippen LogP contribution is -2.57. The Morgan fingerprint density at radius 2 is 1.86 bits per heavy atom. The van der Waals surface area contributed by atoms with Gasteiger partial charge in [-0.05, 0) is 26.2 Å². The molecule has 1 heterocycles. The van der Waals surface area contributed by atoms with Crippen LogP contribution in [0, 0.1) is 0 Å². The highest BCUT2D eigenvalue weighted by atomic mass is 16.2. The van der Waals surface area contributed by atoms with Gasteiger partial charge >= 0.3 is 0 Å². The summed E-state index contributed by atoms with van der Waals surface area (Å²) in [4.78, 5) is 28.2. The van der Waals surface area contributed by atoms with Crippen molar-refractivity contribution >= 4 is 11.8 Å². The summed E-state index contributed by atoms with van der Waals surface area (Å²) in [6.07, 6.45) is 3.87. The smallest absolute Gasteiger partial charge is 0.239 e. The highest BCUT2D eigenvalue weighted by molar-refractivity contribution is 5.82. The van der Waals surface area contributed by atoms with E-state index < -0.39 is 0 Å². The Labute approximate surface area is 127 Å². The fraction of sp³-hybridized carbons (Fsp3) is 0.867. The number of piperazine rings is 1. The number of carbonyl (C=O) groups excluding carboxylic acids is 2.